The first kappa shape index (κ1) is 25.4. The van der Waals surface area contributed by atoms with Crippen molar-refractivity contribution in [3.63, 3.8) is 0 Å². The molecule has 2 aliphatic heterocycles. The Morgan fingerprint density at radius 1 is 0.946 bits per heavy atom. The minimum Gasteiger partial charge on any atom is -0.454 e. The van der Waals surface area contributed by atoms with Gasteiger partial charge in [0, 0.05) is 55.8 Å². The number of amides is 1. The number of benzene rings is 2. The summed E-state index contributed by atoms with van der Waals surface area (Å²) in [5.41, 5.74) is 3.79. The van der Waals surface area contributed by atoms with E-state index in [0.717, 1.165) is 78.4 Å². The minimum absolute atomic E-state index is 0.108. The second kappa shape index (κ2) is 11.8. The number of anilines is 1. The summed E-state index contributed by atoms with van der Waals surface area (Å²) in [6.07, 6.45) is 0.883. The van der Waals surface area contributed by atoms with Gasteiger partial charge in [0.25, 0.3) is 5.91 Å². The average Bonchev–Trinajstić information content (AvgIpc) is 3.43. The van der Waals surface area contributed by atoms with Crippen molar-refractivity contribution in [3.8, 4) is 11.5 Å². The molecule has 0 aliphatic carbocycles. The van der Waals surface area contributed by atoms with E-state index in [0.29, 0.717) is 17.9 Å². The Bertz CT molecular complexity index is 1230. The van der Waals surface area contributed by atoms with Gasteiger partial charge >= 0.3 is 0 Å². The van der Waals surface area contributed by atoms with E-state index >= 15 is 0 Å². The van der Waals surface area contributed by atoms with Gasteiger partial charge in [0.1, 0.15) is 5.82 Å². The second-order valence-corrected chi connectivity index (χ2v) is 10.1. The summed E-state index contributed by atoms with van der Waals surface area (Å²) in [6.45, 7) is 10.2. The quantitative estimate of drug-likeness (QED) is 0.334. The molecule has 194 valence electrons. The molecule has 9 heteroatoms. The van der Waals surface area contributed by atoms with E-state index < -0.39 is 0 Å². The fraction of sp³-hybridized carbons (Fsp3) is 0.393. The number of nitrogens with one attached hydrogen (secondary N) is 1. The number of aryl methyl sites for hydroxylation is 1. The summed E-state index contributed by atoms with van der Waals surface area (Å²) in [7, 11) is 0. The van der Waals surface area contributed by atoms with Gasteiger partial charge in [-0.05, 0) is 48.4 Å². The summed E-state index contributed by atoms with van der Waals surface area (Å²) in [5, 5.41) is 3.78. The second-order valence-electron chi connectivity index (χ2n) is 9.13. The van der Waals surface area contributed by atoms with Crippen molar-refractivity contribution in [1.29, 1.82) is 0 Å². The maximum atomic E-state index is 12.6. The molecule has 0 spiro atoms. The van der Waals surface area contributed by atoms with Crippen molar-refractivity contribution < 1.29 is 14.3 Å². The molecule has 1 aromatic heterocycles. The molecule has 3 aromatic rings. The van der Waals surface area contributed by atoms with Crippen molar-refractivity contribution in [2.24, 2.45) is 0 Å². The standard InChI is InChI=1S/C28H33N5O3S/c1-3-23-16-26(33-13-11-32(4-2)12-14-33)31-28(30-23)37-18-20-5-8-22(9-6-20)27(34)29-17-21-7-10-24-25(15-21)36-19-35-24/h5-10,15-16H,3-4,11-14,17-19H2,1-2H3,(H,29,34). The predicted octanol–water partition coefficient (Wildman–Crippen LogP) is 4.13. The summed E-state index contributed by atoms with van der Waals surface area (Å²) < 4.78 is 10.7. The van der Waals surface area contributed by atoms with Crippen LogP contribution in [-0.2, 0) is 18.7 Å². The van der Waals surface area contributed by atoms with Gasteiger partial charge in [0.2, 0.25) is 6.79 Å². The van der Waals surface area contributed by atoms with Crippen LogP contribution in [0.5, 0.6) is 11.5 Å². The number of piperazine rings is 1. The molecule has 1 N–H and O–H groups in total. The lowest BCUT2D eigenvalue weighted by Gasteiger charge is -2.34. The molecule has 0 saturated carbocycles. The number of likely N-dealkylation sites (N-methyl/N-ethyl adjacent to an activating group) is 1. The van der Waals surface area contributed by atoms with Crippen LogP contribution in [-0.4, -0.2) is 60.3 Å². The third kappa shape index (κ3) is 6.34. The van der Waals surface area contributed by atoms with Gasteiger partial charge in [0.15, 0.2) is 16.7 Å². The van der Waals surface area contributed by atoms with Crippen LogP contribution in [0.25, 0.3) is 0 Å². The SMILES string of the molecule is CCc1cc(N2CCN(CC)CC2)nc(SCc2ccc(C(=O)NCc3ccc4c(c3)OCO4)cc2)n1. The Kier molecular flexibility index (Phi) is 8.11. The molecule has 0 atom stereocenters. The van der Waals surface area contributed by atoms with Gasteiger partial charge in [-0.2, -0.15) is 0 Å². The number of thioether (sulfide) groups is 1. The van der Waals surface area contributed by atoms with E-state index in [2.05, 4.69) is 35.0 Å². The molecule has 5 rings (SSSR count). The number of carbonyl (C=O) groups is 1. The molecule has 3 heterocycles. The first-order chi connectivity index (χ1) is 18.1. The first-order valence-corrected chi connectivity index (χ1v) is 13.8. The number of hydrogen-bond acceptors (Lipinski definition) is 8. The van der Waals surface area contributed by atoms with Crippen molar-refractivity contribution in [1.82, 2.24) is 20.2 Å². The Balaban J connectivity index is 1.16. The van der Waals surface area contributed by atoms with Crippen molar-refractivity contribution in [2.75, 3.05) is 44.4 Å². The van der Waals surface area contributed by atoms with Gasteiger partial charge in [-0.1, -0.05) is 43.8 Å². The summed E-state index contributed by atoms with van der Waals surface area (Å²) in [6, 6.07) is 15.6. The first-order valence-electron chi connectivity index (χ1n) is 12.8. The molecular weight excluding hydrogens is 486 g/mol. The Morgan fingerprint density at radius 2 is 1.70 bits per heavy atom. The summed E-state index contributed by atoms with van der Waals surface area (Å²) in [5.74, 6) is 3.12. The highest BCUT2D eigenvalue weighted by Crippen LogP contribution is 2.32. The number of hydrogen-bond donors (Lipinski definition) is 1. The van der Waals surface area contributed by atoms with Gasteiger partial charge in [-0.3, -0.25) is 4.79 Å². The van der Waals surface area contributed by atoms with Crippen LogP contribution < -0.4 is 19.7 Å². The van der Waals surface area contributed by atoms with Crippen molar-refractivity contribution in [3.05, 3.63) is 70.9 Å². The fourth-order valence-corrected chi connectivity index (χ4v) is 5.22. The van der Waals surface area contributed by atoms with Crippen LogP contribution in [0.4, 0.5) is 5.82 Å². The molecular formula is C28H33N5O3S. The summed E-state index contributed by atoms with van der Waals surface area (Å²) in [4.78, 5) is 27.1. The lowest BCUT2D eigenvalue weighted by molar-refractivity contribution is 0.0951. The zero-order valence-corrected chi connectivity index (χ0v) is 22.2. The normalized spacial score (nSPS) is 15.1. The van der Waals surface area contributed by atoms with Crippen molar-refractivity contribution >= 4 is 23.5 Å². The topological polar surface area (TPSA) is 79.8 Å². The Morgan fingerprint density at radius 3 is 2.46 bits per heavy atom. The zero-order chi connectivity index (χ0) is 25.6. The third-order valence-electron chi connectivity index (χ3n) is 6.73. The number of ether oxygens (including phenoxy) is 2. The van der Waals surface area contributed by atoms with Gasteiger partial charge in [-0.25, -0.2) is 9.97 Å². The number of rotatable bonds is 9. The lowest BCUT2D eigenvalue weighted by atomic mass is 10.1. The smallest absolute Gasteiger partial charge is 0.251 e. The maximum absolute atomic E-state index is 12.6. The van der Waals surface area contributed by atoms with E-state index in [9.17, 15) is 4.79 Å². The Labute approximate surface area is 222 Å². The molecule has 2 aromatic carbocycles. The number of carbonyl (C=O) groups excluding carboxylic acids is 1. The highest BCUT2D eigenvalue weighted by Gasteiger charge is 2.18. The highest BCUT2D eigenvalue weighted by molar-refractivity contribution is 7.98. The largest absolute Gasteiger partial charge is 0.454 e. The molecule has 1 amide bonds. The van der Waals surface area contributed by atoms with Crippen LogP contribution in [0.15, 0.2) is 53.7 Å². The van der Waals surface area contributed by atoms with Crippen LogP contribution in [0.2, 0.25) is 0 Å². The van der Waals surface area contributed by atoms with E-state index in [1.54, 1.807) is 11.8 Å². The highest BCUT2D eigenvalue weighted by atomic mass is 32.2. The lowest BCUT2D eigenvalue weighted by Crippen LogP contribution is -2.46. The average molecular weight is 520 g/mol. The molecule has 0 unspecified atom stereocenters. The van der Waals surface area contributed by atoms with Crippen LogP contribution >= 0.6 is 11.8 Å². The number of nitrogens with zero attached hydrogens (tertiary/aromatic N) is 4. The zero-order valence-electron chi connectivity index (χ0n) is 21.4. The number of aromatic nitrogens is 2. The molecule has 1 fully saturated rings. The van der Waals surface area contributed by atoms with Gasteiger partial charge in [0.05, 0.1) is 0 Å². The van der Waals surface area contributed by atoms with E-state index in [1.807, 2.05) is 42.5 Å². The minimum atomic E-state index is -0.108. The van der Waals surface area contributed by atoms with Crippen LogP contribution in [0.1, 0.15) is 41.0 Å². The maximum Gasteiger partial charge on any atom is 0.251 e. The van der Waals surface area contributed by atoms with Gasteiger partial charge in [-0.15, -0.1) is 0 Å². The monoisotopic (exact) mass is 519 g/mol. The number of fused-ring (bicyclic) bond motifs is 1. The Hall–Kier alpha value is -3.30. The van der Waals surface area contributed by atoms with Crippen LogP contribution in [0, 0.1) is 0 Å². The van der Waals surface area contributed by atoms with Gasteiger partial charge < -0.3 is 24.6 Å². The third-order valence-corrected chi connectivity index (χ3v) is 7.64. The summed E-state index contributed by atoms with van der Waals surface area (Å²) >= 11 is 1.64. The predicted molar refractivity (Wildman–Crippen MR) is 145 cm³/mol. The molecule has 0 bridgehead atoms. The molecule has 2 aliphatic rings. The molecule has 37 heavy (non-hydrogen) atoms. The van der Waals surface area contributed by atoms with E-state index in [1.165, 1.54) is 0 Å². The van der Waals surface area contributed by atoms with Crippen molar-refractivity contribution in [2.45, 2.75) is 37.7 Å². The fourth-order valence-electron chi connectivity index (χ4n) is 4.40. The molecule has 8 nitrogen and oxygen atoms in total. The van der Waals surface area contributed by atoms with E-state index in [-0.39, 0.29) is 12.7 Å². The molecule has 0 radical (unpaired) electrons. The molecule has 1 saturated heterocycles. The van der Waals surface area contributed by atoms with E-state index in [4.69, 9.17) is 19.4 Å². The van der Waals surface area contributed by atoms with Crippen LogP contribution in [0.3, 0.4) is 0 Å².